The number of aromatic nitrogens is 1. The highest BCUT2D eigenvalue weighted by Crippen LogP contribution is 2.34. The van der Waals surface area contributed by atoms with Gasteiger partial charge in [-0.2, -0.15) is 5.10 Å². The molecule has 0 saturated heterocycles. The molecule has 9 heteroatoms. The summed E-state index contributed by atoms with van der Waals surface area (Å²) in [6.07, 6.45) is 1.43. The molecule has 0 aliphatic carbocycles. The highest BCUT2D eigenvalue weighted by molar-refractivity contribution is 8.01. The Morgan fingerprint density at radius 2 is 2.00 bits per heavy atom. The summed E-state index contributed by atoms with van der Waals surface area (Å²) in [6, 6.07) is 18.2. The third-order valence-corrected chi connectivity index (χ3v) is 5.88. The lowest BCUT2D eigenvalue weighted by Crippen LogP contribution is -2.18. The Bertz CT molecular complexity index is 1210. The second kappa shape index (κ2) is 8.93. The first-order valence-corrected chi connectivity index (χ1v) is 10.5. The fraction of sp³-hybridized carbons (Fsp3) is 0.0476. The third kappa shape index (κ3) is 4.94. The van der Waals surface area contributed by atoms with E-state index in [-0.39, 0.29) is 5.91 Å². The summed E-state index contributed by atoms with van der Waals surface area (Å²) in [4.78, 5) is 27.9. The maximum Gasteiger partial charge on any atom is 0.271 e. The summed E-state index contributed by atoms with van der Waals surface area (Å²) in [5, 5.41) is 7.25. The number of fused-ring (bicyclic) bond motifs is 1. The molecule has 150 valence electrons. The first-order chi connectivity index (χ1) is 14.6. The number of thiazole rings is 1. The van der Waals surface area contributed by atoms with Gasteiger partial charge in [-0.15, -0.1) is 11.3 Å². The van der Waals surface area contributed by atoms with Crippen LogP contribution in [0.4, 0.5) is 5.69 Å². The van der Waals surface area contributed by atoms with E-state index in [2.05, 4.69) is 20.8 Å². The fourth-order valence-corrected chi connectivity index (χ4v) is 4.57. The van der Waals surface area contributed by atoms with Crippen molar-refractivity contribution in [1.82, 2.24) is 10.4 Å². The quantitative estimate of drug-likeness (QED) is 0.335. The first-order valence-electron chi connectivity index (χ1n) is 8.91. The maximum absolute atomic E-state index is 12.2. The predicted molar refractivity (Wildman–Crippen MR) is 118 cm³/mol. The minimum atomic E-state index is -0.394. The molecule has 7 nitrogen and oxygen atoms in total. The Balaban J connectivity index is 1.36. The van der Waals surface area contributed by atoms with Crippen molar-refractivity contribution in [2.24, 2.45) is 5.10 Å². The number of nitrogens with one attached hydrogen (secondary N) is 2. The molecule has 2 aromatic carbocycles. The van der Waals surface area contributed by atoms with Gasteiger partial charge in [0.2, 0.25) is 5.91 Å². The molecule has 0 spiro atoms. The second-order valence-electron chi connectivity index (χ2n) is 6.17. The summed E-state index contributed by atoms with van der Waals surface area (Å²) in [5.41, 5.74) is 4.33. The minimum Gasteiger partial charge on any atom is -0.448 e. The minimum absolute atomic E-state index is 0.206. The van der Waals surface area contributed by atoms with E-state index in [1.54, 1.807) is 41.7 Å². The average Bonchev–Trinajstić information content (AvgIpc) is 3.34. The van der Waals surface area contributed by atoms with E-state index >= 15 is 0 Å². The molecule has 0 fully saturated rings. The number of furan rings is 1. The highest BCUT2D eigenvalue weighted by atomic mass is 32.2. The largest absolute Gasteiger partial charge is 0.448 e. The topological polar surface area (TPSA) is 96.6 Å². The van der Waals surface area contributed by atoms with Gasteiger partial charge in [0.15, 0.2) is 9.43 Å². The Kier molecular flexibility index (Phi) is 5.92. The fourth-order valence-electron chi connectivity index (χ4n) is 2.60. The summed E-state index contributed by atoms with van der Waals surface area (Å²) in [5.74, 6) is -0.0945. The van der Waals surface area contributed by atoms with E-state index < -0.39 is 5.91 Å². The highest BCUT2D eigenvalue weighted by Gasteiger charge is 2.09. The van der Waals surface area contributed by atoms with Crippen molar-refractivity contribution in [3.05, 3.63) is 72.0 Å². The van der Waals surface area contributed by atoms with Crippen LogP contribution in [-0.4, -0.2) is 23.0 Å². The molecule has 2 N–H and O–H groups in total. The lowest BCUT2D eigenvalue weighted by molar-refractivity contribution is -0.114. The number of amides is 2. The van der Waals surface area contributed by atoms with Crippen LogP contribution < -0.4 is 10.7 Å². The van der Waals surface area contributed by atoms with Crippen molar-refractivity contribution in [1.29, 1.82) is 0 Å². The summed E-state index contributed by atoms with van der Waals surface area (Å²) in [6.45, 7) is 1.41. The number of hydrazone groups is 1. The number of para-hydroxylation sites is 1. The molecule has 2 heterocycles. The molecule has 0 aliphatic heterocycles. The molecule has 0 radical (unpaired) electrons. The molecule has 2 amide bonds. The number of anilines is 1. The van der Waals surface area contributed by atoms with Gasteiger partial charge in [-0.25, -0.2) is 10.4 Å². The van der Waals surface area contributed by atoms with Crippen molar-refractivity contribution in [2.75, 3.05) is 5.32 Å². The van der Waals surface area contributed by atoms with Gasteiger partial charge >= 0.3 is 0 Å². The van der Waals surface area contributed by atoms with Crippen molar-refractivity contribution >= 4 is 57.0 Å². The number of rotatable bonds is 6. The SMILES string of the molecule is CC(=O)Nc1cccc(C(=O)N/N=C\c2ccc(Sc3nc4ccccc4s3)o2)c1. The smallest absolute Gasteiger partial charge is 0.271 e. The molecular formula is C21H16N4O3S2. The van der Waals surface area contributed by atoms with E-state index in [4.69, 9.17) is 4.42 Å². The molecule has 0 unspecified atom stereocenters. The standard InChI is InChI=1S/C21H16N4O3S2/c1-13(26)23-15-6-4-5-14(11-15)20(27)25-22-12-16-9-10-19(28-16)30-21-24-17-7-2-3-8-18(17)29-21/h2-12H,1H3,(H,23,26)(H,25,27)/b22-12-. The maximum atomic E-state index is 12.2. The summed E-state index contributed by atoms with van der Waals surface area (Å²) in [7, 11) is 0. The van der Waals surface area contributed by atoms with Crippen molar-refractivity contribution in [3.8, 4) is 0 Å². The molecule has 0 bridgehead atoms. The normalized spacial score (nSPS) is 11.1. The van der Waals surface area contributed by atoms with Gasteiger partial charge in [-0.1, -0.05) is 18.2 Å². The van der Waals surface area contributed by atoms with E-state index in [1.807, 2.05) is 30.3 Å². The van der Waals surface area contributed by atoms with Gasteiger partial charge in [0.25, 0.3) is 5.91 Å². The van der Waals surface area contributed by atoms with Crippen LogP contribution >= 0.6 is 23.1 Å². The zero-order valence-corrected chi connectivity index (χ0v) is 17.4. The molecule has 0 atom stereocenters. The van der Waals surface area contributed by atoms with Crippen molar-refractivity contribution < 1.29 is 14.0 Å². The summed E-state index contributed by atoms with van der Waals surface area (Å²) >= 11 is 3.03. The summed E-state index contributed by atoms with van der Waals surface area (Å²) < 4.78 is 7.73. The van der Waals surface area contributed by atoms with Gasteiger partial charge in [0, 0.05) is 18.2 Å². The monoisotopic (exact) mass is 436 g/mol. The van der Waals surface area contributed by atoms with E-state index in [9.17, 15) is 9.59 Å². The lowest BCUT2D eigenvalue weighted by Gasteiger charge is -2.04. The van der Waals surface area contributed by atoms with Crippen LogP contribution in [0.3, 0.4) is 0 Å². The zero-order valence-electron chi connectivity index (χ0n) is 15.8. The molecular weight excluding hydrogens is 420 g/mol. The molecule has 30 heavy (non-hydrogen) atoms. The lowest BCUT2D eigenvalue weighted by atomic mass is 10.2. The number of carbonyl (C=O) groups is 2. The molecule has 0 saturated carbocycles. The van der Waals surface area contributed by atoms with Gasteiger partial charge < -0.3 is 9.73 Å². The van der Waals surface area contributed by atoms with Crippen molar-refractivity contribution in [3.63, 3.8) is 0 Å². The Morgan fingerprint density at radius 3 is 2.83 bits per heavy atom. The van der Waals surface area contributed by atoms with Crippen LogP contribution in [0.5, 0.6) is 0 Å². The Morgan fingerprint density at radius 1 is 1.13 bits per heavy atom. The number of nitrogens with zero attached hydrogens (tertiary/aromatic N) is 2. The Hall–Kier alpha value is -3.43. The third-order valence-electron chi connectivity index (χ3n) is 3.87. The molecule has 4 rings (SSSR count). The van der Waals surface area contributed by atoms with Crippen LogP contribution in [0.1, 0.15) is 23.0 Å². The average molecular weight is 437 g/mol. The zero-order chi connectivity index (χ0) is 20.9. The molecule has 0 aliphatic rings. The van der Waals surface area contributed by atoms with Crippen LogP contribution in [0.25, 0.3) is 10.2 Å². The number of benzene rings is 2. The Labute approximate surface area is 180 Å². The molecule has 2 aromatic heterocycles. The van der Waals surface area contributed by atoms with Crippen molar-refractivity contribution in [2.45, 2.75) is 16.4 Å². The van der Waals surface area contributed by atoms with Gasteiger partial charge in [-0.3, -0.25) is 9.59 Å². The van der Waals surface area contributed by atoms with E-state index in [1.165, 1.54) is 24.9 Å². The number of carbonyl (C=O) groups excluding carboxylic acids is 2. The van der Waals surface area contributed by atoms with Crippen LogP contribution in [0, 0.1) is 0 Å². The second-order valence-corrected chi connectivity index (χ2v) is 8.45. The van der Waals surface area contributed by atoms with E-state index in [0.29, 0.717) is 22.1 Å². The first kappa shape index (κ1) is 19.9. The van der Waals surface area contributed by atoms with Gasteiger partial charge in [0.1, 0.15) is 5.76 Å². The van der Waals surface area contributed by atoms with Crippen LogP contribution in [-0.2, 0) is 4.79 Å². The predicted octanol–water partition coefficient (Wildman–Crippen LogP) is 4.76. The van der Waals surface area contributed by atoms with Gasteiger partial charge in [0.05, 0.1) is 16.4 Å². The van der Waals surface area contributed by atoms with E-state index in [0.717, 1.165) is 14.6 Å². The number of hydrogen-bond acceptors (Lipinski definition) is 7. The van der Waals surface area contributed by atoms with Crippen LogP contribution in [0.2, 0.25) is 0 Å². The van der Waals surface area contributed by atoms with Gasteiger partial charge in [-0.05, 0) is 54.2 Å². The van der Waals surface area contributed by atoms with Crippen LogP contribution in [0.15, 0.2) is 79.6 Å². The molecule has 4 aromatic rings. The number of hydrogen-bond donors (Lipinski definition) is 2.